The Bertz CT molecular complexity index is 1210. The molecule has 1 aliphatic heterocycles. The predicted molar refractivity (Wildman–Crippen MR) is 132 cm³/mol. The molecule has 5 rings (SSSR count). The van der Waals surface area contributed by atoms with Crippen LogP contribution in [-0.4, -0.2) is 57.4 Å². The first-order valence-corrected chi connectivity index (χ1v) is 12.4. The van der Waals surface area contributed by atoms with Crippen molar-refractivity contribution in [2.45, 2.75) is 64.1 Å². The van der Waals surface area contributed by atoms with Crippen LogP contribution < -0.4 is 20.5 Å². The van der Waals surface area contributed by atoms with Crippen LogP contribution in [0.5, 0.6) is 11.5 Å². The van der Waals surface area contributed by atoms with Crippen molar-refractivity contribution in [2.75, 3.05) is 32.6 Å². The molecule has 0 bridgehead atoms. The summed E-state index contributed by atoms with van der Waals surface area (Å²) in [5.41, 5.74) is 2.22. The number of nitrogens with one attached hydrogen (secondary N) is 1. The Balaban J connectivity index is 1.41. The Labute approximate surface area is 199 Å². The van der Waals surface area contributed by atoms with E-state index in [1.165, 1.54) is 0 Å². The summed E-state index contributed by atoms with van der Waals surface area (Å²) < 4.78 is 15.5. The molecule has 3 heterocycles. The molecule has 2 aliphatic rings. The molecule has 1 saturated carbocycles. The van der Waals surface area contributed by atoms with E-state index in [2.05, 4.69) is 22.2 Å². The summed E-state index contributed by atoms with van der Waals surface area (Å²) in [5, 5.41) is 3.28. The zero-order chi connectivity index (χ0) is 23.7. The second kappa shape index (κ2) is 9.66. The Morgan fingerprint density at radius 2 is 1.91 bits per heavy atom. The fraction of sp³-hybridized carbons (Fsp3) is 0.560. The molecule has 0 unspecified atom stereocenters. The molecule has 0 atom stereocenters. The number of piperidine rings is 1. The van der Waals surface area contributed by atoms with Crippen LogP contribution in [0, 0.1) is 0 Å². The summed E-state index contributed by atoms with van der Waals surface area (Å²) in [6, 6.07) is 5.99. The SMILES string of the molecule is CCn1c(=O)n(C2CCCC2)c2nc(Nc3ccc(OC4CCN(C)CC4)cc3OC)ncc21. The summed E-state index contributed by atoms with van der Waals surface area (Å²) in [6.45, 7) is 4.67. The average molecular weight is 467 g/mol. The number of benzene rings is 1. The molecule has 182 valence electrons. The molecule has 1 aliphatic carbocycles. The van der Waals surface area contributed by atoms with Gasteiger partial charge < -0.3 is 19.7 Å². The Hall–Kier alpha value is -3.07. The van der Waals surface area contributed by atoms with Crippen molar-refractivity contribution < 1.29 is 9.47 Å². The predicted octanol–water partition coefficient (Wildman–Crippen LogP) is 3.95. The van der Waals surface area contributed by atoms with Crippen LogP contribution in [0.4, 0.5) is 11.6 Å². The monoisotopic (exact) mass is 466 g/mol. The molecule has 1 aromatic carbocycles. The standard InChI is InChI=1S/C25H34N6O3/c1-4-30-21-16-26-24(28-23(21)31(25(30)32)17-7-5-6-8-17)27-20-10-9-19(15-22(20)33-3)34-18-11-13-29(2)14-12-18/h9-10,15-18H,4-8,11-14H2,1-3H3,(H,26,27,28). The number of fused-ring (bicyclic) bond motifs is 1. The van der Waals surface area contributed by atoms with E-state index in [4.69, 9.17) is 14.5 Å². The molecule has 0 radical (unpaired) electrons. The van der Waals surface area contributed by atoms with E-state index >= 15 is 0 Å². The van der Waals surface area contributed by atoms with Gasteiger partial charge in [-0.05, 0) is 51.8 Å². The van der Waals surface area contributed by atoms with E-state index in [0.29, 0.717) is 23.9 Å². The van der Waals surface area contributed by atoms with Crippen molar-refractivity contribution in [1.29, 1.82) is 0 Å². The third kappa shape index (κ3) is 4.36. The molecule has 2 aromatic heterocycles. The second-order valence-electron chi connectivity index (χ2n) is 9.35. The maximum atomic E-state index is 13.1. The molecular formula is C25H34N6O3. The molecule has 34 heavy (non-hydrogen) atoms. The maximum Gasteiger partial charge on any atom is 0.330 e. The van der Waals surface area contributed by atoms with Crippen LogP contribution in [0.3, 0.4) is 0 Å². The number of hydrogen-bond donors (Lipinski definition) is 1. The van der Waals surface area contributed by atoms with Crippen molar-refractivity contribution in [3.8, 4) is 11.5 Å². The lowest BCUT2D eigenvalue weighted by Gasteiger charge is -2.29. The Morgan fingerprint density at radius 3 is 2.62 bits per heavy atom. The van der Waals surface area contributed by atoms with Crippen LogP contribution in [-0.2, 0) is 6.54 Å². The number of nitrogens with zero attached hydrogens (tertiary/aromatic N) is 5. The fourth-order valence-corrected chi connectivity index (χ4v) is 5.18. The van der Waals surface area contributed by atoms with Crippen molar-refractivity contribution in [2.24, 2.45) is 0 Å². The molecule has 0 spiro atoms. The van der Waals surface area contributed by atoms with Crippen LogP contribution in [0.2, 0.25) is 0 Å². The number of aryl methyl sites for hydroxylation is 1. The first-order valence-electron chi connectivity index (χ1n) is 12.4. The summed E-state index contributed by atoms with van der Waals surface area (Å²) in [6.07, 6.45) is 8.33. The second-order valence-corrected chi connectivity index (χ2v) is 9.35. The van der Waals surface area contributed by atoms with Gasteiger partial charge in [0.2, 0.25) is 5.95 Å². The van der Waals surface area contributed by atoms with E-state index in [1.807, 2.05) is 29.7 Å². The minimum atomic E-state index is 0.00355. The van der Waals surface area contributed by atoms with Crippen molar-refractivity contribution >= 4 is 22.8 Å². The molecule has 1 N–H and O–H groups in total. The number of ether oxygens (including phenoxy) is 2. The smallest absolute Gasteiger partial charge is 0.330 e. The summed E-state index contributed by atoms with van der Waals surface area (Å²) in [4.78, 5) is 24.7. The maximum absolute atomic E-state index is 13.1. The topological polar surface area (TPSA) is 86.4 Å². The molecule has 1 saturated heterocycles. The molecule has 0 amide bonds. The molecule has 2 fully saturated rings. The lowest BCUT2D eigenvalue weighted by atomic mass is 10.1. The molecule has 9 nitrogen and oxygen atoms in total. The summed E-state index contributed by atoms with van der Waals surface area (Å²) >= 11 is 0. The van der Waals surface area contributed by atoms with Gasteiger partial charge in [-0.3, -0.25) is 9.13 Å². The minimum Gasteiger partial charge on any atom is -0.494 e. The zero-order valence-corrected chi connectivity index (χ0v) is 20.3. The summed E-state index contributed by atoms with van der Waals surface area (Å²) in [5.74, 6) is 1.90. The number of aromatic nitrogens is 4. The highest BCUT2D eigenvalue weighted by atomic mass is 16.5. The van der Waals surface area contributed by atoms with E-state index < -0.39 is 0 Å². The van der Waals surface area contributed by atoms with Gasteiger partial charge in [-0.25, -0.2) is 9.78 Å². The van der Waals surface area contributed by atoms with Gasteiger partial charge in [0, 0.05) is 31.7 Å². The van der Waals surface area contributed by atoms with Crippen molar-refractivity contribution in [3.63, 3.8) is 0 Å². The van der Waals surface area contributed by atoms with E-state index in [-0.39, 0.29) is 17.8 Å². The van der Waals surface area contributed by atoms with E-state index in [1.54, 1.807) is 17.9 Å². The third-order valence-corrected chi connectivity index (χ3v) is 7.10. The van der Waals surface area contributed by atoms with Gasteiger partial charge in [0.05, 0.1) is 19.0 Å². The van der Waals surface area contributed by atoms with Crippen LogP contribution >= 0.6 is 0 Å². The number of anilines is 2. The quantitative estimate of drug-likeness (QED) is 0.564. The highest BCUT2D eigenvalue weighted by molar-refractivity contribution is 5.74. The molecule has 3 aromatic rings. The van der Waals surface area contributed by atoms with Gasteiger partial charge in [0.1, 0.15) is 23.1 Å². The van der Waals surface area contributed by atoms with E-state index in [9.17, 15) is 4.79 Å². The van der Waals surface area contributed by atoms with Gasteiger partial charge in [-0.15, -0.1) is 0 Å². The number of methoxy groups -OCH3 is 1. The van der Waals surface area contributed by atoms with Crippen LogP contribution in [0.15, 0.2) is 29.2 Å². The summed E-state index contributed by atoms with van der Waals surface area (Å²) in [7, 11) is 3.78. The van der Waals surface area contributed by atoms with Crippen LogP contribution in [0.25, 0.3) is 11.2 Å². The largest absolute Gasteiger partial charge is 0.494 e. The van der Waals surface area contributed by atoms with Gasteiger partial charge in [-0.1, -0.05) is 12.8 Å². The third-order valence-electron chi connectivity index (χ3n) is 7.10. The van der Waals surface area contributed by atoms with Crippen LogP contribution in [0.1, 0.15) is 51.5 Å². The number of imidazole rings is 1. The molecular weight excluding hydrogens is 432 g/mol. The molecule has 9 heteroatoms. The van der Waals surface area contributed by atoms with Gasteiger partial charge >= 0.3 is 5.69 Å². The first-order chi connectivity index (χ1) is 16.6. The number of likely N-dealkylation sites (tertiary alicyclic amines) is 1. The number of hydrogen-bond acceptors (Lipinski definition) is 7. The van der Waals surface area contributed by atoms with Gasteiger partial charge in [-0.2, -0.15) is 4.98 Å². The van der Waals surface area contributed by atoms with Crippen molar-refractivity contribution in [1.82, 2.24) is 24.0 Å². The van der Waals surface area contributed by atoms with Gasteiger partial charge in [0.15, 0.2) is 5.65 Å². The lowest BCUT2D eigenvalue weighted by Crippen LogP contribution is -2.35. The lowest BCUT2D eigenvalue weighted by molar-refractivity contribution is 0.114. The Kier molecular flexibility index (Phi) is 6.45. The number of rotatable bonds is 7. The normalized spacial score (nSPS) is 18.0. The highest BCUT2D eigenvalue weighted by Gasteiger charge is 2.25. The average Bonchev–Trinajstić information content (AvgIpc) is 3.46. The fourth-order valence-electron chi connectivity index (χ4n) is 5.18. The highest BCUT2D eigenvalue weighted by Crippen LogP contribution is 2.33. The minimum absolute atomic E-state index is 0.00355. The first kappa shape index (κ1) is 22.7. The zero-order valence-electron chi connectivity index (χ0n) is 20.3. The van der Waals surface area contributed by atoms with Crippen molar-refractivity contribution in [3.05, 3.63) is 34.9 Å². The van der Waals surface area contributed by atoms with Gasteiger partial charge in [0.25, 0.3) is 0 Å². The van der Waals surface area contributed by atoms with E-state index in [0.717, 1.165) is 68.6 Å². The Morgan fingerprint density at radius 1 is 1.15 bits per heavy atom.